The summed E-state index contributed by atoms with van der Waals surface area (Å²) in [6.07, 6.45) is 2.12. The summed E-state index contributed by atoms with van der Waals surface area (Å²) >= 11 is 0. The number of phenols is 1. The first-order valence-corrected chi connectivity index (χ1v) is 7.47. The van der Waals surface area contributed by atoms with Crippen molar-refractivity contribution in [3.05, 3.63) is 53.6 Å². The fraction of sp³-hybridized carbons (Fsp3) is 0.333. The molecule has 1 atom stereocenters. The summed E-state index contributed by atoms with van der Waals surface area (Å²) in [7, 11) is 0. The third-order valence-corrected chi connectivity index (χ3v) is 3.81. The molecule has 0 aliphatic heterocycles. The Morgan fingerprint density at radius 1 is 1.14 bits per heavy atom. The highest BCUT2D eigenvalue weighted by molar-refractivity contribution is 5.52. The standard InChI is InChI=1S/C18H21NO2/c1-12(2)21-14-8-6-13(7-9-14)19-17-11-10-16-15(17)4-3-5-18(16)20/h3-9,12,17,19-20H,10-11H2,1-2H3. The maximum Gasteiger partial charge on any atom is 0.119 e. The molecule has 0 aromatic heterocycles. The minimum atomic E-state index is 0.188. The number of hydrogen-bond donors (Lipinski definition) is 2. The molecule has 2 aromatic carbocycles. The summed E-state index contributed by atoms with van der Waals surface area (Å²) in [6.45, 7) is 4.04. The van der Waals surface area contributed by atoms with Gasteiger partial charge in [0.05, 0.1) is 12.1 Å². The molecule has 3 heteroatoms. The summed E-state index contributed by atoms with van der Waals surface area (Å²) in [4.78, 5) is 0. The zero-order valence-corrected chi connectivity index (χ0v) is 12.5. The van der Waals surface area contributed by atoms with E-state index in [2.05, 4.69) is 11.4 Å². The predicted octanol–water partition coefficient (Wildman–Crippen LogP) is 4.28. The fourth-order valence-corrected chi connectivity index (χ4v) is 2.89. The van der Waals surface area contributed by atoms with Crippen molar-refractivity contribution in [3.8, 4) is 11.5 Å². The van der Waals surface area contributed by atoms with Gasteiger partial charge in [-0.15, -0.1) is 0 Å². The zero-order chi connectivity index (χ0) is 14.8. The van der Waals surface area contributed by atoms with Crippen molar-refractivity contribution in [2.75, 3.05) is 5.32 Å². The molecule has 21 heavy (non-hydrogen) atoms. The number of rotatable bonds is 4. The molecule has 2 N–H and O–H groups in total. The molecule has 1 aliphatic carbocycles. The van der Waals surface area contributed by atoms with E-state index >= 15 is 0 Å². The lowest BCUT2D eigenvalue weighted by molar-refractivity contribution is 0.242. The average molecular weight is 283 g/mol. The van der Waals surface area contributed by atoms with E-state index in [1.807, 2.05) is 44.2 Å². The Bertz CT molecular complexity index is 620. The molecule has 110 valence electrons. The molecule has 1 unspecified atom stereocenters. The molecular weight excluding hydrogens is 262 g/mol. The summed E-state index contributed by atoms with van der Waals surface area (Å²) in [5, 5.41) is 13.4. The van der Waals surface area contributed by atoms with Gasteiger partial charge in [0.15, 0.2) is 0 Å². The lowest BCUT2D eigenvalue weighted by Gasteiger charge is -2.16. The van der Waals surface area contributed by atoms with E-state index in [0.29, 0.717) is 5.75 Å². The van der Waals surface area contributed by atoms with Gasteiger partial charge in [-0.2, -0.15) is 0 Å². The molecule has 3 rings (SSSR count). The van der Waals surface area contributed by atoms with Crippen LogP contribution in [0, 0.1) is 0 Å². The van der Waals surface area contributed by atoms with Gasteiger partial charge in [-0.3, -0.25) is 0 Å². The normalized spacial score (nSPS) is 16.8. The second-order valence-corrected chi connectivity index (χ2v) is 5.77. The summed E-state index contributed by atoms with van der Waals surface area (Å²) in [5.74, 6) is 1.30. The molecule has 0 radical (unpaired) electrons. The topological polar surface area (TPSA) is 41.5 Å². The minimum absolute atomic E-state index is 0.188. The molecule has 0 fully saturated rings. The van der Waals surface area contributed by atoms with Gasteiger partial charge in [0.2, 0.25) is 0 Å². The molecule has 0 amide bonds. The minimum Gasteiger partial charge on any atom is -0.508 e. The lowest BCUT2D eigenvalue weighted by Crippen LogP contribution is -2.08. The maximum atomic E-state index is 9.89. The second-order valence-electron chi connectivity index (χ2n) is 5.77. The van der Waals surface area contributed by atoms with Crippen LogP contribution in [0.25, 0.3) is 0 Å². The molecule has 0 spiro atoms. The van der Waals surface area contributed by atoms with Crippen molar-refractivity contribution < 1.29 is 9.84 Å². The van der Waals surface area contributed by atoms with Crippen molar-refractivity contribution in [1.29, 1.82) is 0 Å². The van der Waals surface area contributed by atoms with E-state index in [-0.39, 0.29) is 12.1 Å². The summed E-state index contributed by atoms with van der Waals surface area (Å²) < 4.78 is 5.65. The van der Waals surface area contributed by atoms with Gasteiger partial charge in [-0.05, 0) is 68.1 Å². The molecule has 3 nitrogen and oxygen atoms in total. The number of fused-ring (bicyclic) bond motifs is 1. The van der Waals surface area contributed by atoms with Gasteiger partial charge in [0, 0.05) is 5.69 Å². The molecule has 2 aromatic rings. The Morgan fingerprint density at radius 2 is 1.90 bits per heavy atom. The molecule has 0 saturated carbocycles. The van der Waals surface area contributed by atoms with E-state index in [4.69, 9.17) is 4.74 Å². The largest absolute Gasteiger partial charge is 0.508 e. The molecule has 1 aliphatic rings. The van der Waals surface area contributed by atoms with Crippen molar-refractivity contribution in [1.82, 2.24) is 0 Å². The highest BCUT2D eigenvalue weighted by Crippen LogP contribution is 2.38. The van der Waals surface area contributed by atoms with Crippen molar-refractivity contribution in [2.24, 2.45) is 0 Å². The van der Waals surface area contributed by atoms with Gasteiger partial charge in [-0.25, -0.2) is 0 Å². The third kappa shape index (κ3) is 2.97. The molecule has 0 bridgehead atoms. The van der Waals surface area contributed by atoms with Crippen LogP contribution in [0.15, 0.2) is 42.5 Å². The van der Waals surface area contributed by atoms with Gasteiger partial charge in [-0.1, -0.05) is 12.1 Å². The Labute approximate surface area is 125 Å². The van der Waals surface area contributed by atoms with Gasteiger partial charge in [0.25, 0.3) is 0 Å². The Balaban J connectivity index is 1.73. The van der Waals surface area contributed by atoms with Crippen LogP contribution in [0.4, 0.5) is 5.69 Å². The number of anilines is 1. The first kappa shape index (κ1) is 13.8. The van der Waals surface area contributed by atoms with Crippen molar-refractivity contribution in [3.63, 3.8) is 0 Å². The number of aromatic hydroxyl groups is 1. The van der Waals surface area contributed by atoms with Crippen LogP contribution in [0.1, 0.15) is 37.4 Å². The van der Waals surface area contributed by atoms with Crippen LogP contribution in [0.2, 0.25) is 0 Å². The summed E-state index contributed by atoms with van der Waals surface area (Å²) in [6, 6.07) is 14.1. The first-order chi connectivity index (χ1) is 10.1. The monoisotopic (exact) mass is 283 g/mol. The van der Waals surface area contributed by atoms with Crippen LogP contribution >= 0.6 is 0 Å². The Kier molecular flexibility index (Phi) is 3.74. The molecular formula is C18H21NO2. The number of phenolic OH excluding ortho intramolecular Hbond substituents is 1. The van der Waals surface area contributed by atoms with Gasteiger partial charge < -0.3 is 15.2 Å². The van der Waals surface area contributed by atoms with Gasteiger partial charge >= 0.3 is 0 Å². The number of nitrogens with one attached hydrogen (secondary N) is 1. The second kappa shape index (κ2) is 5.68. The number of benzene rings is 2. The van der Waals surface area contributed by atoms with E-state index in [0.717, 1.165) is 29.8 Å². The predicted molar refractivity (Wildman–Crippen MR) is 85.0 cm³/mol. The van der Waals surface area contributed by atoms with Crippen molar-refractivity contribution in [2.45, 2.75) is 38.8 Å². The van der Waals surface area contributed by atoms with E-state index in [1.54, 1.807) is 6.07 Å². The molecule has 0 heterocycles. The van der Waals surface area contributed by atoms with Crippen LogP contribution in [0.3, 0.4) is 0 Å². The quantitative estimate of drug-likeness (QED) is 0.880. The number of hydrogen-bond acceptors (Lipinski definition) is 3. The SMILES string of the molecule is CC(C)Oc1ccc(NC2CCc3c(O)cccc32)cc1. The Hall–Kier alpha value is -2.16. The fourth-order valence-electron chi connectivity index (χ4n) is 2.89. The first-order valence-electron chi connectivity index (χ1n) is 7.47. The van der Waals surface area contributed by atoms with E-state index in [1.165, 1.54) is 5.56 Å². The average Bonchev–Trinajstić information content (AvgIpc) is 2.85. The summed E-state index contributed by atoms with van der Waals surface area (Å²) in [5.41, 5.74) is 3.36. The van der Waals surface area contributed by atoms with Crippen molar-refractivity contribution >= 4 is 5.69 Å². The lowest BCUT2D eigenvalue weighted by atomic mass is 10.1. The highest BCUT2D eigenvalue weighted by atomic mass is 16.5. The third-order valence-electron chi connectivity index (χ3n) is 3.81. The number of ether oxygens (including phenoxy) is 1. The smallest absolute Gasteiger partial charge is 0.119 e. The highest BCUT2D eigenvalue weighted by Gasteiger charge is 2.24. The van der Waals surface area contributed by atoms with Crippen LogP contribution in [-0.4, -0.2) is 11.2 Å². The van der Waals surface area contributed by atoms with E-state index in [9.17, 15) is 5.11 Å². The maximum absolute atomic E-state index is 9.89. The van der Waals surface area contributed by atoms with E-state index < -0.39 is 0 Å². The zero-order valence-electron chi connectivity index (χ0n) is 12.5. The Morgan fingerprint density at radius 3 is 2.62 bits per heavy atom. The van der Waals surface area contributed by atoms with Crippen LogP contribution in [0.5, 0.6) is 11.5 Å². The van der Waals surface area contributed by atoms with Crippen LogP contribution < -0.4 is 10.1 Å². The van der Waals surface area contributed by atoms with Gasteiger partial charge in [0.1, 0.15) is 11.5 Å². The van der Waals surface area contributed by atoms with Crippen LogP contribution in [-0.2, 0) is 6.42 Å². The molecule has 0 saturated heterocycles.